The molecule has 1 aliphatic rings. The van der Waals surface area contributed by atoms with Gasteiger partial charge in [0.25, 0.3) is 0 Å². The van der Waals surface area contributed by atoms with Crippen molar-refractivity contribution in [3.8, 4) is 23.0 Å². The quantitative estimate of drug-likeness (QED) is 0.829. The highest BCUT2D eigenvalue weighted by Crippen LogP contribution is 2.46. The van der Waals surface area contributed by atoms with E-state index in [1.807, 2.05) is 36.4 Å². The van der Waals surface area contributed by atoms with Gasteiger partial charge in [-0.1, -0.05) is 54.5 Å². The number of hydrogen-bond donors (Lipinski definition) is 2. The second-order valence-corrected chi connectivity index (χ2v) is 5.74. The third-order valence-corrected chi connectivity index (χ3v) is 4.53. The lowest BCUT2D eigenvalue weighted by atomic mass is 9.92. The van der Waals surface area contributed by atoms with Crippen LogP contribution in [0.3, 0.4) is 0 Å². The topological polar surface area (TPSA) is 24.7 Å². The molecule has 0 fully saturated rings. The van der Waals surface area contributed by atoms with E-state index in [-0.39, 0.29) is 0 Å². The lowest BCUT2D eigenvalue weighted by molar-refractivity contribution is -0.889. The van der Waals surface area contributed by atoms with Gasteiger partial charge in [-0.15, -0.1) is 0 Å². The van der Waals surface area contributed by atoms with Crippen LogP contribution in [0.1, 0.15) is 25.0 Å². The summed E-state index contributed by atoms with van der Waals surface area (Å²) < 4.78 is 0. The third-order valence-electron chi connectivity index (χ3n) is 4.53. The fourth-order valence-electron chi connectivity index (χ4n) is 3.14. The van der Waals surface area contributed by atoms with Gasteiger partial charge >= 0.3 is 0 Å². The monoisotopic (exact) mass is 292 g/mol. The normalized spacial score (nSPS) is 14.2. The van der Waals surface area contributed by atoms with Crippen LogP contribution in [0.4, 0.5) is 0 Å². The molecule has 2 nitrogen and oxygen atoms in total. The lowest BCUT2D eigenvalue weighted by Crippen LogP contribution is -3.11. The number of aliphatic hydroxyl groups is 1. The number of rotatable bonds is 3. The molecular weight excluding hydrogens is 270 g/mol. The first-order valence-corrected chi connectivity index (χ1v) is 7.96. The molecule has 2 aromatic carbocycles. The molecule has 0 aromatic heterocycles. The Labute approximate surface area is 132 Å². The van der Waals surface area contributed by atoms with Crippen LogP contribution in [0.15, 0.2) is 48.5 Å². The van der Waals surface area contributed by atoms with E-state index in [1.165, 1.54) is 4.90 Å². The van der Waals surface area contributed by atoms with Crippen molar-refractivity contribution in [2.24, 2.45) is 0 Å². The molecule has 112 valence electrons. The van der Waals surface area contributed by atoms with Gasteiger partial charge in [0, 0.05) is 11.1 Å². The van der Waals surface area contributed by atoms with Crippen molar-refractivity contribution in [1.82, 2.24) is 0 Å². The molecular formula is C20H22NO+. The van der Waals surface area contributed by atoms with Gasteiger partial charge < -0.3 is 10.0 Å². The van der Waals surface area contributed by atoms with Crippen LogP contribution in [-0.2, 0) is 5.60 Å². The average molecular weight is 292 g/mol. The predicted molar refractivity (Wildman–Crippen MR) is 89.6 cm³/mol. The lowest BCUT2D eigenvalue weighted by Gasteiger charge is -2.19. The van der Waals surface area contributed by atoms with Crippen LogP contribution in [0, 0.1) is 11.8 Å². The molecule has 22 heavy (non-hydrogen) atoms. The van der Waals surface area contributed by atoms with Crippen molar-refractivity contribution >= 4 is 0 Å². The molecule has 1 aliphatic carbocycles. The Hall–Kier alpha value is -2.08. The Morgan fingerprint density at radius 2 is 1.41 bits per heavy atom. The predicted octanol–water partition coefficient (Wildman–Crippen LogP) is 1.83. The third kappa shape index (κ3) is 2.33. The Bertz CT molecular complexity index is 689. The standard InChI is InChI=1S/C20H21NO/c1-3-21(4-2)15-9-14-20(22)18-12-7-5-10-16(18)17-11-6-8-13-19(17)20/h5-8,10-13,22H,3-4,15H2,1-2H3/p+1. The van der Waals surface area contributed by atoms with Crippen molar-refractivity contribution in [2.45, 2.75) is 19.4 Å². The fraction of sp³-hybridized carbons (Fsp3) is 0.300. The largest absolute Gasteiger partial charge is 0.369 e. The van der Waals surface area contributed by atoms with Crippen LogP contribution in [0.5, 0.6) is 0 Å². The van der Waals surface area contributed by atoms with E-state index >= 15 is 0 Å². The SMILES string of the molecule is CC[NH+](CC)CC#CC1(O)c2ccccc2-c2ccccc21. The summed E-state index contributed by atoms with van der Waals surface area (Å²) >= 11 is 0. The summed E-state index contributed by atoms with van der Waals surface area (Å²) in [6, 6.07) is 16.0. The van der Waals surface area contributed by atoms with Crippen molar-refractivity contribution < 1.29 is 10.0 Å². The number of quaternary nitrogens is 1. The van der Waals surface area contributed by atoms with E-state index in [2.05, 4.69) is 37.8 Å². The molecule has 0 saturated carbocycles. The van der Waals surface area contributed by atoms with Crippen LogP contribution < -0.4 is 4.90 Å². The van der Waals surface area contributed by atoms with Gasteiger partial charge in [0.1, 0.15) is 6.54 Å². The van der Waals surface area contributed by atoms with Crippen LogP contribution in [0.25, 0.3) is 11.1 Å². The van der Waals surface area contributed by atoms with E-state index in [0.717, 1.165) is 41.9 Å². The number of benzene rings is 2. The van der Waals surface area contributed by atoms with Crippen LogP contribution >= 0.6 is 0 Å². The fourth-order valence-corrected chi connectivity index (χ4v) is 3.14. The number of nitrogens with one attached hydrogen (secondary N) is 1. The highest BCUT2D eigenvalue weighted by molar-refractivity contribution is 5.81. The van der Waals surface area contributed by atoms with Gasteiger partial charge in [0.2, 0.25) is 0 Å². The highest BCUT2D eigenvalue weighted by Gasteiger charge is 2.39. The van der Waals surface area contributed by atoms with Crippen molar-refractivity contribution in [3.05, 3.63) is 59.7 Å². The summed E-state index contributed by atoms with van der Waals surface area (Å²) in [5, 5.41) is 11.3. The van der Waals surface area contributed by atoms with Crippen molar-refractivity contribution in [2.75, 3.05) is 19.6 Å². The first-order chi connectivity index (χ1) is 10.7. The van der Waals surface area contributed by atoms with Gasteiger partial charge in [0.15, 0.2) is 5.60 Å². The molecule has 0 atom stereocenters. The van der Waals surface area contributed by atoms with Gasteiger partial charge in [-0.25, -0.2) is 0 Å². The summed E-state index contributed by atoms with van der Waals surface area (Å²) in [7, 11) is 0. The molecule has 3 rings (SSSR count). The summed E-state index contributed by atoms with van der Waals surface area (Å²) in [5.74, 6) is 6.37. The van der Waals surface area contributed by atoms with E-state index in [4.69, 9.17) is 0 Å². The smallest absolute Gasteiger partial charge is 0.178 e. The molecule has 0 saturated heterocycles. The van der Waals surface area contributed by atoms with Gasteiger partial charge in [-0.05, 0) is 30.9 Å². The van der Waals surface area contributed by atoms with E-state index in [0.29, 0.717) is 0 Å². The minimum Gasteiger partial charge on any atom is -0.369 e. The molecule has 0 radical (unpaired) electrons. The van der Waals surface area contributed by atoms with Gasteiger partial charge in [-0.2, -0.15) is 0 Å². The van der Waals surface area contributed by atoms with Crippen LogP contribution in [0.2, 0.25) is 0 Å². The first kappa shape index (κ1) is 14.8. The molecule has 0 unspecified atom stereocenters. The summed E-state index contributed by atoms with van der Waals surface area (Å²) in [4.78, 5) is 1.43. The molecule has 0 heterocycles. The molecule has 2 N–H and O–H groups in total. The Kier molecular flexibility index (Phi) is 4.02. The Morgan fingerprint density at radius 3 is 1.91 bits per heavy atom. The second kappa shape index (κ2) is 5.96. The van der Waals surface area contributed by atoms with E-state index in [9.17, 15) is 5.11 Å². The second-order valence-electron chi connectivity index (χ2n) is 5.74. The molecule has 2 heteroatoms. The minimum atomic E-state index is -1.18. The Balaban J connectivity index is 2.04. The number of hydrogen-bond acceptors (Lipinski definition) is 1. The molecule has 0 aliphatic heterocycles. The minimum absolute atomic E-state index is 0.764. The Morgan fingerprint density at radius 1 is 0.909 bits per heavy atom. The maximum absolute atomic E-state index is 11.3. The molecule has 2 aromatic rings. The average Bonchev–Trinajstić information content (AvgIpc) is 2.82. The van der Waals surface area contributed by atoms with Crippen molar-refractivity contribution in [3.63, 3.8) is 0 Å². The molecule has 0 amide bonds. The summed E-state index contributed by atoms with van der Waals surface area (Å²) in [5.41, 5.74) is 2.80. The zero-order chi connectivity index (χ0) is 15.6. The number of fused-ring (bicyclic) bond motifs is 3. The van der Waals surface area contributed by atoms with E-state index in [1.54, 1.807) is 0 Å². The van der Waals surface area contributed by atoms with Gasteiger partial charge in [-0.3, -0.25) is 0 Å². The van der Waals surface area contributed by atoms with Crippen LogP contribution in [-0.4, -0.2) is 24.7 Å². The highest BCUT2D eigenvalue weighted by atomic mass is 16.3. The van der Waals surface area contributed by atoms with Gasteiger partial charge in [0.05, 0.1) is 13.1 Å². The maximum Gasteiger partial charge on any atom is 0.178 e. The summed E-state index contributed by atoms with van der Waals surface area (Å²) in [6.45, 7) is 7.19. The van der Waals surface area contributed by atoms with E-state index < -0.39 is 5.60 Å². The first-order valence-electron chi connectivity index (χ1n) is 7.96. The zero-order valence-corrected chi connectivity index (χ0v) is 13.2. The molecule has 0 spiro atoms. The summed E-state index contributed by atoms with van der Waals surface area (Å²) in [6.07, 6.45) is 0. The maximum atomic E-state index is 11.3. The molecule has 0 bridgehead atoms. The van der Waals surface area contributed by atoms with Crippen molar-refractivity contribution in [1.29, 1.82) is 0 Å². The zero-order valence-electron chi connectivity index (χ0n) is 13.2.